The molecule has 3 aromatic rings. The molecule has 2 aromatic carbocycles. The SMILES string of the molecule is Cc1cc([N+](=O)[O-])cc(S(=O)(=O)Nc2cccc3cccnc23)c1. The number of nitro benzene ring substituents is 1. The van der Waals surface area contributed by atoms with E-state index in [-0.39, 0.29) is 10.6 Å². The number of pyridine rings is 1. The number of non-ortho nitro benzene ring substituents is 1. The summed E-state index contributed by atoms with van der Waals surface area (Å²) in [5, 5.41) is 11.7. The molecule has 0 radical (unpaired) electrons. The van der Waals surface area contributed by atoms with Crippen molar-refractivity contribution in [3.63, 3.8) is 0 Å². The molecule has 8 heteroatoms. The maximum Gasteiger partial charge on any atom is 0.271 e. The summed E-state index contributed by atoms with van der Waals surface area (Å²) >= 11 is 0. The summed E-state index contributed by atoms with van der Waals surface area (Å²) in [6.45, 7) is 1.60. The topological polar surface area (TPSA) is 102 Å². The fourth-order valence-electron chi connectivity index (χ4n) is 2.38. The molecule has 0 aliphatic rings. The summed E-state index contributed by atoms with van der Waals surface area (Å²) in [4.78, 5) is 14.3. The van der Waals surface area contributed by atoms with E-state index in [2.05, 4.69) is 9.71 Å². The zero-order valence-electron chi connectivity index (χ0n) is 12.6. The minimum Gasteiger partial charge on any atom is -0.277 e. The first-order valence-electron chi connectivity index (χ1n) is 6.99. The Bertz CT molecular complexity index is 1040. The molecule has 0 saturated heterocycles. The zero-order chi connectivity index (χ0) is 17.3. The lowest BCUT2D eigenvalue weighted by Gasteiger charge is -2.10. The first-order chi connectivity index (χ1) is 11.4. The molecule has 24 heavy (non-hydrogen) atoms. The predicted octanol–water partition coefficient (Wildman–Crippen LogP) is 3.25. The van der Waals surface area contributed by atoms with Crippen molar-refractivity contribution in [3.05, 3.63) is 70.4 Å². The van der Waals surface area contributed by atoms with E-state index >= 15 is 0 Å². The van der Waals surface area contributed by atoms with Crippen molar-refractivity contribution in [1.82, 2.24) is 4.98 Å². The Labute approximate surface area is 138 Å². The Morgan fingerprint density at radius 2 is 1.88 bits per heavy atom. The summed E-state index contributed by atoms with van der Waals surface area (Å²) in [6, 6.07) is 12.4. The molecule has 0 amide bonds. The van der Waals surface area contributed by atoms with Crippen LogP contribution in [0, 0.1) is 17.0 Å². The lowest BCUT2D eigenvalue weighted by Crippen LogP contribution is -2.14. The van der Waals surface area contributed by atoms with Crippen LogP contribution in [0.15, 0.2) is 59.6 Å². The van der Waals surface area contributed by atoms with Crippen molar-refractivity contribution in [2.45, 2.75) is 11.8 Å². The minimum absolute atomic E-state index is 0.165. The average molecular weight is 343 g/mol. The van der Waals surface area contributed by atoms with Crippen molar-refractivity contribution in [2.75, 3.05) is 4.72 Å². The van der Waals surface area contributed by atoms with Gasteiger partial charge in [-0.05, 0) is 30.7 Å². The lowest BCUT2D eigenvalue weighted by atomic mass is 10.2. The van der Waals surface area contributed by atoms with Crippen LogP contribution in [0.2, 0.25) is 0 Å². The molecular formula is C16H13N3O4S. The Hall–Kier alpha value is -3.00. The van der Waals surface area contributed by atoms with Crippen LogP contribution in [-0.2, 0) is 10.0 Å². The van der Waals surface area contributed by atoms with Gasteiger partial charge < -0.3 is 0 Å². The third-order valence-electron chi connectivity index (χ3n) is 3.43. The van der Waals surface area contributed by atoms with Crippen LogP contribution in [0.25, 0.3) is 10.9 Å². The number of sulfonamides is 1. The van der Waals surface area contributed by atoms with Gasteiger partial charge in [-0.3, -0.25) is 19.8 Å². The van der Waals surface area contributed by atoms with Crippen molar-refractivity contribution in [1.29, 1.82) is 0 Å². The van der Waals surface area contributed by atoms with Gasteiger partial charge in [0.1, 0.15) is 0 Å². The number of nitro groups is 1. The van der Waals surface area contributed by atoms with Crippen LogP contribution in [0.1, 0.15) is 5.56 Å². The van der Waals surface area contributed by atoms with E-state index in [1.165, 1.54) is 12.1 Å². The molecule has 0 aliphatic heterocycles. The number of rotatable bonds is 4. The Balaban J connectivity index is 2.07. The van der Waals surface area contributed by atoms with Gasteiger partial charge in [0.15, 0.2) is 0 Å². The predicted molar refractivity (Wildman–Crippen MR) is 90.4 cm³/mol. The number of nitrogens with zero attached hydrogens (tertiary/aromatic N) is 2. The van der Waals surface area contributed by atoms with Gasteiger partial charge in [0, 0.05) is 23.7 Å². The van der Waals surface area contributed by atoms with Crippen molar-refractivity contribution < 1.29 is 13.3 Å². The van der Waals surface area contributed by atoms with Crippen molar-refractivity contribution in [3.8, 4) is 0 Å². The second-order valence-corrected chi connectivity index (χ2v) is 6.93. The van der Waals surface area contributed by atoms with Gasteiger partial charge in [0.05, 0.1) is 21.0 Å². The van der Waals surface area contributed by atoms with E-state index in [4.69, 9.17) is 0 Å². The highest BCUT2D eigenvalue weighted by molar-refractivity contribution is 7.92. The summed E-state index contributed by atoms with van der Waals surface area (Å²) in [5.41, 5.74) is 1.04. The van der Waals surface area contributed by atoms with Gasteiger partial charge >= 0.3 is 0 Å². The number of hydrogen-bond acceptors (Lipinski definition) is 5. The molecule has 0 spiro atoms. The zero-order valence-corrected chi connectivity index (χ0v) is 13.4. The maximum absolute atomic E-state index is 12.6. The van der Waals surface area contributed by atoms with Gasteiger partial charge in [0.25, 0.3) is 15.7 Å². The Morgan fingerprint density at radius 3 is 2.62 bits per heavy atom. The molecule has 1 aromatic heterocycles. The van der Waals surface area contributed by atoms with Crippen LogP contribution in [0.4, 0.5) is 11.4 Å². The normalized spacial score (nSPS) is 11.4. The lowest BCUT2D eigenvalue weighted by molar-refractivity contribution is -0.385. The smallest absolute Gasteiger partial charge is 0.271 e. The monoisotopic (exact) mass is 343 g/mol. The third-order valence-corrected chi connectivity index (χ3v) is 4.78. The van der Waals surface area contributed by atoms with E-state index in [1.54, 1.807) is 31.3 Å². The van der Waals surface area contributed by atoms with Crippen molar-refractivity contribution in [2.24, 2.45) is 0 Å². The number of benzene rings is 2. The van der Waals surface area contributed by atoms with E-state index in [9.17, 15) is 18.5 Å². The minimum atomic E-state index is -3.98. The summed E-state index contributed by atoms with van der Waals surface area (Å²) in [7, 11) is -3.98. The highest BCUT2D eigenvalue weighted by Crippen LogP contribution is 2.26. The number of hydrogen-bond donors (Lipinski definition) is 1. The van der Waals surface area contributed by atoms with E-state index in [0.717, 1.165) is 11.5 Å². The van der Waals surface area contributed by atoms with Crippen LogP contribution < -0.4 is 4.72 Å². The van der Waals surface area contributed by atoms with Gasteiger partial charge in [-0.15, -0.1) is 0 Å². The molecule has 1 N–H and O–H groups in total. The molecule has 122 valence electrons. The van der Waals surface area contributed by atoms with Gasteiger partial charge in [-0.25, -0.2) is 8.42 Å². The van der Waals surface area contributed by atoms with Crippen LogP contribution in [-0.4, -0.2) is 18.3 Å². The molecule has 7 nitrogen and oxygen atoms in total. The number of nitrogens with one attached hydrogen (secondary N) is 1. The molecule has 0 atom stereocenters. The fourth-order valence-corrected chi connectivity index (χ4v) is 3.57. The Kier molecular flexibility index (Phi) is 3.90. The second kappa shape index (κ2) is 5.89. The highest BCUT2D eigenvalue weighted by Gasteiger charge is 2.20. The first-order valence-corrected chi connectivity index (χ1v) is 8.48. The average Bonchev–Trinajstić information content (AvgIpc) is 2.54. The summed E-state index contributed by atoms with van der Waals surface area (Å²) in [5.74, 6) is 0. The number of para-hydroxylation sites is 1. The third kappa shape index (κ3) is 3.04. The van der Waals surface area contributed by atoms with Gasteiger partial charge in [0.2, 0.25) is 0 Å². The van der Waals surface area contributed by atoms with E-state index in [1.807, 2.05) is 12.1 Å². The van der Waals surface area contributed by atoms with Crippen LogP contribution >= 0.6 is 0 Å². The first kappa shape index (κ1) is 15.9. The second-order valence-electron chi connectivity index (χ2n) is 5.25. The highest BCUT2D eigenvalue weighted by atomic mass is 32.2. The molecule has 3 rings (SSSR count). The number of fused-ring (bicyclic) bond motifs is 1. The van der Waals surface area contributed by atoms with E-state index in [0.29, 0.717) is 16.8 Å². The molecule has 0 aliphatic carbocycles. The quantitative estimate of drug-likeness (QED) is 0.578. The molecule has 0 unspecified atom stereocenters. The number of anilines is 1. The van der Waals surface area contributed by atoms with Gasteiger partial charge in [-0.1, -0.05) is 18.2 Å². The number of aryl methyl sites for hydroxylation is 1. The van der Waals surface area contributed by atoms with Crippen LogP contribution in [0.3, 0.4) is 0 Å². The maximum atomic E-state index is 12.6. The standard InChI is InChI=1S/C16H13N3O4S/c1-11-8-13(19(20)21)10-14(9-11)24(22,23)18-15-6-2-4-12-5-3-7-17-16(12)15/h2-10,18H,1H3. The van der Waals surface area contributed by atoms with Gasteiger partial charge in [-0.2, -0.15) is 0 Å². The molecule has 0 fully saturated rings. The molecule has 0 saturated carbocycles. The fraction of sp³-hybridized carbons (Fsp3) is 0.0625. The van der Waals surface area contributed by atoms with E-state index < -0.39 is 14.9 Å². The van der Waals surface area contributed by atoms with Crippen LogP contribution in [0.5, 0.6) is 0 Å². The summed E-state index contributed by atoms with van der Waals surface area (Å²) in [6.07, 6.45) is 1.57. The molecule has 1 heterocycles. The molecular weight excluding hydrogens is 330 g/mol. The summed E-state index contributed by atoms with van der Waals surface area (Å²) < 4.78 is 27.7. The Morgan fingerprint density at radius 1 is 1.12 bits per heavy atom. The number of aromatic nitrogens is 1. The molecule has 0 bridgehead atoms. The van der Waals surface area contributed by atoms with Crippen molar-refractivity contribution >= 4 is 32.3 Å². The largest absolute Gasteiger partial charge is 0.277 e.